The Bertz CT molecular complexity index is 1130. The average Bonchev–Trinajstić information content (AvgIpc) is 3.18. The summed E-state index contributed by atoms with van der Waals surface area (Å²) in [7, 11) is -3.61. The summed E-state index contributed by atoms with van der Waals surface area (Å²) in [5, 5.41) is 2.91. The Morgan fingerprint density at radius 2 is 1.76 bits per heavy atom. The van der Waals surface area contributed by atoms with Crippen molar-refractivity contribution in [2.24, 2.45) is 0 Å². The summed E-state index contributed by atoms with van der Waals surface area (Å²) in [6.45, 7) is 1.16. The van der Waals surface area contributed by atoms with Gasteiger partial charge >= 0.3 is 0 Å². The number of rotatable bonds is 4. The van der Waals surface area contributed by atoms with Crippen LogP contribution in [0.15, 0.2) is 52.7 Å². The second-order valence-corrected chi connectivity index (χ2v) is 10.7. The molecule has 0 saturated carbocycles. The van der Waals surface area contributed by atoms with E-state index in [4.69, 9.17) is 28.2 Å². The highest BCUT2D eigenvalue weighted by Crippen LogP contribution is 2.33. The van der Waals surface area contributed by atoms with Crippen LogP contribution >= 0.6 is 34.5 Å². The van der Waals surface area contributed by atoms with Crippen LogP contribution in [-0.4, -0.2) is 31.7 Å². The number of anilines is 1. The zero-order valence-corrected chi connectivity index (χ0v) is 18.3. The molecular weight excluding hydrogens is 454 g/mol. The van der Waals surface area contributed by atoms with Gasteiger partial charge in [0.15, 0.2) is 15.0 Å². The Morgan fingerprint density at radius 3 is 2.41 bits per heavy atom. The minimum absolute atomic E-state index is 0.00158. The highest BCUT2D eigenvalue weighted by atomic mass is 35.5. The first-order valence-electron chi connectivity index (χ1n) is 9.00. The van der Waals surface area contributed by atoms with E-state index in [1.165, 1.54) is 17.4 Å². The molecule has 1 saturated heterocycles. The third-order valence-electron chi connectivity index (χ3n) is 4.98. The highest BCUT2D eigenvalue weighted by molar-refractivity contribution is 7.92. The summed E-state index contributed by atoms with van der Waals surface area (Å²) in [6.07, 6.45) is 0.928. The van der Waals surface area contributed by atoms with Crippen LogP contribution < -0.4 is 4.90 Å². The molecule has 0 atom stereocenters. The van der Waals surface area contributed by atoms with Crippen LogP contribution in [0.25, 0.3) is 11.3 Å². The first-order valence-corrected chi connectivity index (χ1v) is 12.2. The Balaban J connectivity index is 1.46. The van der Waals surface area contributed by atoms with Crippen LogP contribution in [0, 0.1) is 5.82 Å². The van der Waals surface area contributed by atoms with Gasteiger partial charge in [0.2, 0.25) is 0 Å². The van der Waals surface area contributed by atoms with Crippen LogP contribution in [0.2, 0.25) is 10.0 Å². The maximum Gasteiger partial charge on any atom is 0.185 e. The molecule has 1 aromatic heterocycles. The van der Waals surface area contributed by atoms with E-state index < -0.39 is 20.9 Å². The molecule has 1 fully saturated rings. The third kappa shape index (κ3) is 4.28. The van der Waals surface area contributed by atoms with Crippen molar-refractivity contribution < 1.29 is 12.8 Å². The largest absolute Gasteiger partial charge is 0.348 e. The van der Waals surface area contributed by atoms with Crippen molar-refractivity contribution in [2.75, 3.05) is 18.0 Å². The molecule has 4 rings (SSSR count). The van der Waals surface area contributed by atoms with Gasteiger partial charge in [-0.2, -0.15) is 0 Å². The minimum Gasteiger partial charge on any atom is -0.348 e. The van der Waals surface area contributed by atoms with Crippen LogP contribution in [-0.2, 0) is 9.84 Å². The van der Waals surface area contributed by atoms with Crippen molar-refractivity contribution in [2.45, 2.75) is 23.0 Å². The smallest absolute Gasteiger partial charge is 0.185 e. The van der Waals surface area contributed by atoms with E-state index >= 15 is 0 Å². The molecule has 0 radical (unpaired) electrons. The number of hydrogen-bond donors (Lipinski definition) is 0. The fraction of sp³-hybridized carbons (Fsp3) is 0.250. The van der Waals surface area contributed by atoms with Gasteiger partial charge in [-0.05, 0) is 43.2 Å². The molecule has 0 spiro atoms. The summed E-state index contributed by atoms with van der Waals surface area (Å²) in [4.78, 5) is 6.79. The lowest BCUT2D eigenvalue weighted by molar-refractivity contribution is 0.529. The quantitative estimate of drug-likeness (QED) is 0.458. The number of thiazole rings is 1. The summed E-state index contributed by atoms with van der Waals surface area (Å²) in [5.74, 6) is -0.552. The summed E-state index contributed by atoms with van der Waals surface area (Å²) in [5.41, 5.74) is 1.86. The molecule has 29 heavy (non-hydrogen) atoms. The van der Waals surface area contributed by atoms with Crippen molar-refractivity contribution in [1.29, 1.82) is 0 Å². The van der Waals surface area contributed by atoms with Crippen LogP contribution in [0.1, 0.15) is 12.8 Å². The van der Waals surface area contributed by atoms with Crippen molar-refractivity contribution in [3.63, 3.8) is 0 Å². The minimum atomic E-state index is -3.61. The summed E-state index contributed by atoms with van der Waals surface area (Å²) >= 11 is 13.5. The van der Waals surface area contributed by atoms with Crippen molar-refractivity contribution in [3.8, 4) is 11.3 Å². The number of piperidine rings is 1. The first kappa shape index (κ1) is 20.6. The van der Waals surface area contributed by atoms with E-state index in [9.17, 15) is 12.8 Å². The molecule has 1 aliphatic rings. The molecule has 4 nitrogen and oxygen atoms in total. The zero-order chi connectivity index (χ0) is 20.6. The van der Waals surface area contributed by atoms with Crippen molar-refractivity contribution >= 4 is 49.5 Å². The molecule has 0 aliphatic carbocycles. The van der Waals surface area contributed by atoms with Crippen LogP contribution in [0.4, 0.5) is 9.52 Å². The lowest BCUT2D eigenvalue weighted by Crippen LogP contribution is -2.39. The Labute approximate surface area is 182 Å². The molecule has 3 aromatic rings. The van der Waals surface area contributed by atoms with E-state index in [1.807, 2.05) is 29.6 Å². The number of sulfone groups is 1. The Hall–Kier alpha value is -1.67. The van der Waals surface area contributed by atoms with Gasteiger partial charge in [0.05, 0.1) is 20.9 Å². The predicted molar refractivity (Wildman–Crippen MR) is 116 cm³/mol. The molecule has 0 unspecified atom stereocenters. The van der Waals surface area contributed by atoms with Crippen molar-refractivity contribution in [1.82, 2.24) is 4.98 Å². The molecular formula is C20H17Cl2FN2O2S2. The number of benzene rings is 2. The second kappa shape index (κ2) is 8.22. The number of nitrogens with zero attached hydrogens (tertiary/aromatic N) is 2. The van der Waals surface area contributed by atoms with E-state index in [1.54, 1.807) is 0 Å². The van der Waals surface area contributed by atoms with Crippen LogP contribution in [0.3, 0.4) is 0 Å². The maximum atomic E-state index is 13.3. The molecule has 9 heteroatoms. The normalized spacial score (nSPS) is 15.6. The SMILES string of the molecule is O=S(=O)(c1ccc(F)cc1Cl)C1CCN(c2nc(-c3ccc(Cl)cc3)cs2)CC1. The number of aromatic nitrogens is 1. The fourth-order valence-corrected chi connectivity index (χ4v) is 6.69. The molecule has 2 aromatic carbocycles. The molecule has 0 amide bonds. The van der Waals surface area contributed by atoms with Gasteiger partial charge < -0.3 is 4.90 Å². The van der Waals surface area contributed by atoms with Gasteiger partial charge in [0.25, 0.3) is 0 Å². The molecule has 152 valence electrons. The molecule has 1 aliphatic heterocycles. The lowest BCUT2D eigenvalue weighted by Gasteiger charge is -2.31. The van der Waals surface area contributed by atoms with Gasteiger partial charge in [-0.15, -0.1) is 11.3 Å². The summed E-state index contributed by atoms with van der Waals surface area (Å²) < 4.78 is 39.1. The zero-order valence-electron chi connectivity index (χ0n) is 15.2. The van der Waals surface area contributed by atoms with E-state index in [0.717, 1.165) is 28.5 Å². The number of hydrogen-bond acceptors (Lipinski definition) is 5. The van der Waals surface area contributed by atoms with Gasteiger partial charge in [0, 0.05) is 29.1 Å². The Morgan fingerprint density at radius 1 is 1.07 bits per heavy atom. The Kier molecular flexibility index (Phi) is 5.84. The molecule has 0 bridgehead atoms. The second-order valence-electron chi connectivity index (χ2n) is 6.83. The maximum absolute atomic E-state index is 13.3. The van der Waals surface area contributed by atoms with Gasteiger partial charge in [-0.3, -0.25) is 0 Å². The average molecular weight is 471 g/mol. The highest BCUT2D eigenvalue weighted by Gasteiger charge is 2.33. The van der Waals surface area contributed by atoms with Gasteiger partial charge in [-0.1, -0.05) is 35.3 Å². The lowest BCUT2D eigenvalue weighted by atomic mass is 10.1. The fourth-order valence-electron chi connectivity index (χ4n) is 3.41. The molecule has 2 heterocycles. The monoisotopic (exact) mass is 470 g/mol. The van der Waals surface area contributed by atoms with Gasteiger partial charge in [-0.25, -0.2) is 17.8 Å². The number of halogens is 3. The van der Waals surface area contributed by atoms with E-state index in [2.05, 4.69) is 4.90 Å². The predicted octanol–water partition coefficient (Wildman–Crippen LogP) is 5.70. The van der Waals surface area contributed by atoms with E-state index in [-0.39, 0.29) is 9.92 Å². The molecule has 0 N–H and O–H groups in total. The van der Waals surface area contributed by atoms with Crippen LogP contribution in [0.5, 0.6) is 0 Å². The summed E-state index contributed by atoms with van der Waals surface area (Å²) in [6, 6.07) is 10.9. The first-order chi connectivity index (χ1) is 13.8. The van der Waals surface area contributed by atoms with Crippen molar-refractivity contribution in [3.05, 3.63) is 63.7 Å². The van der Waals surface area contributed by atoms with Gasteiger partial charge in [0.1, 0.15) is 5.82 Å². The third-order valence-corrected chi connectivity index (χ3v) is 8.88. The standard InChI is InChI=1S/C20H17Cl2FN2O2S2/c21-14-3-1-13(2-4-14)18-12-28-20(24-18)25-9-7-16(8-10-25)29(26,27)19-6-5-15(23)11-17(19)22/h1-6,11-12,16H,7-10H2. The topological polar surface area (TPSA) is 50.3 Å². The van der Waals surface area contributed by atoms with E-state index in [0.29, 0.717) is 31.0 Å².